The van der Waals surface area contributed by atoms with Gasteiger partial charge in [0.1, 0.15) is 6.73 Å². The molecule has 1 aliphatic rings. The third kappa shape index (κ3) is 5.99. The normalized spacial score (nSPS) is 16.2. The first-order chi connectivity index (χ1) is 12.0. The van der Waals surface area contributed by atoms with Gasteiger partial charge in [0.2, 0.25) is 0 Å². The second-order valence-corrected chi connectivity index (χ2v) is 14.6. The van der Waals surface area contributed by atoms with Crippen molar-refractivity contribution in [3.05, 3.63) is 45.8 Å². The first-order valence-corrected chi connectivity index (χ1v) is 13.2. The number of pyridine rings is 1. The van der Waals surface area contributed by atoms with E-state index < -0.39 is 14.0 Å². The van der Waals surface area contributed by atoms with Crippen LogP contribution in [-0.4, -0.2) is 37.2 Å². The number of nitrogens with zero attached hydrogens (tertiary/aromatic N) is 2. The SMILES string of the molecule is CC1=C(c2ccc(Br)cn2)N(COCC[Si](C)(C)C)C=C(C(C)(F)F)C1. The zero-order chi connectivity index (χ0) is 19.5. The maximum atomic E-state index is 13.9. The maximum absolute atomic E-state index is 13.9. The van der Waals surface area contributed by atoms with Crippen LogP contribution in [0.4, 0.5) is 8.78 Å². The van der Waals surface area contributed by atoms with Crippen LogP contribution in [0, 0.1) is 0 Å². The van der Waals surface area contributed by atoms with Gasteiger partial charge in [-0.15, -0.1) is 0 Å². The fourth-order valence-corrected chi connectivity index (χ4v) is 3.70. The Morgan fingerprint density at radius 3 is 2.54 bits per heavy atom. The van der Waals surface area contributed by atoms with Gasteiger partial charge in [-0.25, -0.2) is 8.78 Å². The van der Waals surface area contributed by atoms with Crippen LogP contribution in [0.5, 0.6) is 0 Å². The molecule has 2 rings (SSSR count). The Kier molecular flexibility index (Phi) is 6.79. The van der Waals surface area contributed by atoms with Crippen molar-refractivity contribution in [1.82, 2.24) is 9.88 Å². The van der Waals surface area contributed by atoms with Crippen LogP contribution in [0.25, 0.3) is 5.70 Å². The lowest BCUT2D eigenvalue weighted by Gasteiger charge is -2.32. The van der Waals surface area contributed by atoms with Gasteiger partial charge < -0.3 is 9.64 Å². The van der Waals surface area contributed by atoms with Crippen molar-refractivity contribution in [3.8, 4) is 0 Å². The third-order valence-corrected chi connectivity index (χ3v) is 6.39. The maximum Gasteiger partial charge on any atom is 0.268 e. The monoisotopic (exact) mass is 444 g/mol. The van der Waals surface area contributed by atoms with Crippen molar-refractivity contribution in [2.24, 2.45) is 0 Å². The predicted molar refractivity (Wildman–Crippen MR) is 109 cm³/mol. The van der Waals surface area contributed by atoms with Crippen LogP contribution in [-0.2, 0) is 4.74 Å². The lowest BCUT2D eigenvalue weighted by Crippen LogP contribution is -2.29. The molecule has 0 unspecified atom stereocenters. The molecule has 0 amide bonds. The number of ether oxygens (including phenoxy) is 1. The molecule has 26 heavy (non-hydrogen) atoms. The summed E-state index contributed by atoms with van der Waals surface area (Å²) in [5, 5.41) is 0. The van der Waals surface area contributed by atoms with Crippen molar-refractivity contribution in [2.75, 3.05) is 13.3 Å². The quantitative estimate of drug-likeness (QED) is 0.373. The highest BCUT2D eigenvalue weighted by Gasteiger charge is 2.32. The van der Waals surface area contributed by atoms with E-state index in [9.17, 15) is 8.78 Å². The molecule has 0 bridgehead atoms. The summed E-state index contributed by atoms with van der Waals surface area (Å²) in [7, 11) is -1.20. The Morgan fingerprint density at radius 2 is 2.00 bits per heavy atom. The van der Waals surface area contributed by atoms with Gasteiger partial charge in [0.25, 0.3) is 5.92 Å². The second kappa shape index (κ2) is 8.31. The minimum atomic E-state index is -2.85. The topological polar surface area (TPSA) is 25.4 Å². The van der Waals surface area contributed by atoms with E-state index in [0.29, 0.717) is 6.61 Å². The molecule has 0 spiro atoms. The zero-order valence-electron chi connectivity index (χ0n) is 16.1. The van der Waals surface area contributed by atoms with Crippen molar-refractivity contribution < 1.29 is 13.5 Å². The summed E-state index contributed by atoms with van der Waals surface area (Å²) in [4.78, 5) is 6.22. The molecule has 144 valence electrons. The number of allylic oxidation sites excluding steroid dienone is 2. The largest absolute Gasteiger partial charge is 0.361 e. The van der Waals surface area contributed by atoms with Crippen molar-refractivity contribution in [1.29, 1.82) is 0 Å². The van der Waals surface area contributed by atoms with Crippen LogP contribution in [0.2, 0.25) is 25.7 Å². The van der Waals surface area contributed by atoms with Crippen molar-refractivity contribution in [2.45, 2.75) is 51.9 Å². The molecule has 1 aliphatic heterocycles. The van der Waals surface area contributed by atoms with Gasteiger partial charge in [0, 0.05) is 44.0 Å². The van der Waals surface area contributed by atoms with E-state index in [4.69, 9.17) is 4.74 Å². The first-order valence-electron chi connectivity index (χ1n) is 8.72. The average Bonchev–Trinajstić information content (AvgIpc) is 2.50. The Morgan fingerprint density at radius 1 is 1.31 bits per heavy atom. The van der Waals surface area contributed by atoms with E-state index >= 15 is 0 Å². The van der Waals surface area contributed by atoms with E-state index in [1.165, 1.54) is 6.20 Å². The number of alkyl halides is 2. The van der Waals surface area contributed by atoms with Gasteiger partial charge >= 0.3 is 0 Å². The number of rotatable bonds is 7. The second-order valence-electron chi connectivity index (χ2n) is 8.03. The third-order valence-electron chi connectivity index (χ3n) is 4.22. The molecule has 3 nitrogen and oxygen atoms in total. The molecular weight excluding hydrogens is 418 g/mol. The van der Waals surface area contributed by atoms with Gasteiger partial charge in [0.05, 0.1) is 11.4 Å². The van der Waals surface area contributed by atoms with E-state index in [0.717, 1.165) is 34.4 Å². The molecule has 1 aromatic heterocycles. The van der Waals surface area contributed by atoms with Crippen molar-refractivity contribution in [3.63, 3.8) is 0 Å². The van der Waals surface area contributed by atoms with Gasteiger partial charge in [-0.1, -0.05) is 19.6 Å². The van der Waals surface area contributed by atoms with E-state index in [2.05, 4.69) is 40.6 Å². The molecule has 1 aromatic rings. The molecular formula is C19H27BrF2N2OSi. The van der Waals surface area contributed by atoms with Crippen LogP contribution in [0.3, 0.4) is 0 Å². The first kappa shape index (κ1) is 21.2. The standard InChI is InChI=1S/C19H27BrF2N2OSi/c1-14-10-15(19(2,21)22)12-24(13-25-8-9-26(3,4)5)18(14)17-7-6-16(20)11-23-17/h6-7,11-12H,8-10,13H2,1-5H3. The average molecular weight is 445 g/mol. The fourth-order valence-electron chi connectivity index (χ4n) is 2.71. The molecule has 0 radical (unpaired) electrons. The van der Waals surface area contributed by atoms with Gasteiger partial charge in [-0.2, -0.15) is 0 Å². The lowest BCUT2D eigenvalue weighted by molar-refractivity contribution is 0.0526. The minimum Gasteiger partial charge on any atom is -0.361 e. The summed E-state index contributed by atoms with van der Waals surface area (Å²) in [5.74, 6) is -2.85. The Labute approximate surface area is 164 Å². The number of hydrogen-bond acceptors (Lipinski definition) is 3. The number of aromatic nitrogens is 1. The summed E-state index contributed by atoms with van der Waals surface area (Å²) in [5.41, 5.74) is 2.57. The highest BCUT2D eigenvalue weighted by atomic mass is 79.9. The molecule has 0 saturated carbocycles. The van der Waals surface area contributed by atoms with E-state index in [1.807, 2.05) is 19.1 Å². The summed E-state index contributed by atoms with van der Waals surface area (Å²) < 4.78 is 34.5. The minimum absolute atomic E-state index is 0.102. The summed E-state index contributed by atoms with van der Waals surface area (Å²) in [6.45, 7) is 10.6. The molecule has 0 aromatic carbocycles. The summed E-state index contributed by atoms with van der Waals surface area (Å²) in [6.07, 6.45) is 3.48. The molecule has 0 N–H and O–H groups in total. The highest BCUT2D eigenvalue weighted by Crippen LogP contribution is 2.37. The Hall–Kier alpha value is -1.05. The number of halogens is 3. The smallest absolute Gasteiger partial charge is 0.268 e. The Bertz CT molecular complexity index is 691. The van der Waals surface area contributed by atoms with E-state index in [1.54, 1.807) is 11.1 Å². The van der Waals surface area contributed by atoms with E-state index in [-0.39, 0.29) is 18.7 Å². The molecule has 2 heterocycles. The fraction of sp³-hybridized carbons (Fsp3) is 0.526. The molecule has 7 heteroatoms. The molecule has 0 saturated heterocycles. The van der Waals surface area contributed by atoms with Crippen LogP contribution >= 0.6 is 15.9 Å². The van der Waals surface area contributed by atoms with Gasteiger partial charge in [-0.3, -0.25) is 4.98 Å². The predicted octanol–water partition coefficient (Wildman–Crippen LogP) is 6.13. The van der Waals surface area contributed by atoms with Gasteiger partial charge in [0.15, 0.2) is 0 Å². The summed E-state index contributed by atoms with van der Waals surface area (Å²) >= 11 is 3.38. The lowest BCUT2D eigenvalue weighted by atomic mass is 9.96. The molecule has 0 atom stereocenters. The molecule has 0 aliphatic carbocycles. The van der Waals surface area contributed by atoms with Crippen LogP contribution in [0.1, 0.15) is 26.0 Å². The Balaban J connectivity index is 2.24. The number of hydrogen-bond donors (Lipinski definition) is 0. The van der Waals surface area contributed by atoms with Gasteiger partial charge in [-0.05, 0) is 53.0 Å². The van der Waals surface area contributed by atoms with Crippen molar-refractivity contribution >= 4 is 29.7 Å². The highest BCUT2D eigenvalue weighted by molar-refractivity contribution is 9.10. The molecule has 0 fully saturated rings. The summed E-state index contributed by atoms with van der Waals surface area (Å²) in [6, 6.07) is 4.83. The van der Waals surface area contributed by atoms with Crippen LogP contribution in [0.15, 0.2) is 40.1 Å². The zero-order valence-corrected chi connectivity index (χ0v) is 18.7. The van der Waals surface area contributed by atoms with Crippen LogP contribution < -0.4 is 0 Å².